The molecule has 152 valence electrons. The van der Waals surface area contributed by atoms with E-state index in [2.05, 4.69) is 22.5 Å². The van der Waals surface area contributed by atoms with Gasteiger partial charge in [0.2, 0.25) is 5.95 Å². The highest BCUT2D eigenvalue weighted by Gasteiger charge is 2.23. The second kappa shape index (κ2) is 7.02. The first-order valence-corrected chi connectivity index (χ1v) is 10.3. The zero-order valence-corrected chi connectivity index (χ0v) is 17.0. The number of aromatic nitrogens is 3. The van der Waals surface area contributed by atoms with Crippen LogP contribution in [0.15, 0.2) is 48.5 Å². The second-order valence-electron chi connectivity index (χ2n) is 7.69. The zero-order valence-electron chi connectivity index (χ0n) is 17.0. The van der Waals surface area contributed by atoms with Crippen molar-refractivity contribution in [3.8, 4) is 0 Å². The molecule has 2 N–H and O–H groups in total. The normalized spacial score (nSPS) is 16.3. The summed E-state index contributed by atoms with van der Waals surface area (Å²) in [5.74, 6) is 0.243. The molecule has 3 heterocycles. The summed E-state index contributed by atoms with van der Waals surface area (Å²) in [6.07, 6.45) is 0.847. The van der Waals surface area contributed by atoms with E-state index in [-0.39, 0.29) is 17.9 Å². The van der Waals surface area contributed by atoms with Gasteiger partial charge in [-0.25, -0.2) is 4.98 Å². The van der Waals surface area contributed by atoms with E-state index in [9.17, 15) is 9.59 Å². The predicted octanol–water partition coefficient (Wildman–Crippen LogP) is 3.96. The number of amides is 2. The maximum atomic E-state index is 13.1. The Morgan fingerprint density at radius 1 is 1.20 bits per heavy atom. The SMILES string of the molecule is CCn1c(NC(=O)c2ccc3cc4n(c3c2)C(C)CCNC4=O)nc2ccccc21. The number of anilines is 1. The molecule has 0 saturated heterocycles. The quantitative estimate of drug-likeness (QED) is 0.545. The molecule has 5 rings (SSSR count). The van der Waals surface area contributed by atoms with E-state index in [1.807, 2.05) is 58.5 Å². The number of aryl methyl sites for hydroxylation is 1. The number of imidazole rings is 1. The Bertz CT molecular complexity index is 1300. The molecule has 1 aliphatic heterocycles. The van der Waals surface area contributed by atoms with Crippen molar-refractivity contribution in [2.24, 2.45) is 0 Å². The summed E-state index contributed by atoms with van der Waals surface area (Å²) in [6, 6.07) is 15.4. The molecule has 0 radical (unpaired) electrons. The lowest BCUT2D eigenvalue weighted by Crippen LogP contribution is -2.22. The molecule has 2 aromatic heterocycles. The average Bonchev–Trinajstić information content (AvgIpc) is 3.26. The van der Waals surface area contributed by atoms with Gasteiger partial charge in [0.1, 0.15) is 5.69 Å². The van der Waals surface area contributed by atoms with E-state index in [4.69, 9.17) is 0 Å². The third-order valence-corrected chi connectivity index (χ3v) is 5.82. The monoisotopic (exact) mass is 401 g/mol. The van der Waals surface area contributed by atoms with E-state index >= 15 is 0 Å². The first kappa shape index (κ1) is 18.4. The lowest BCUT2D eigenvalue weighted by atomic mass is 10.1. The molecule has 30 heavy (non-hydrogen) atoms. The molecule has 1 aliphatic rings. The number of para-hydroxylation sites is 2. The van der Waals surface area contributed by atoms with Crippen molar-refractivity contribution in [1.29, 1.82) is 0 Å². The van der Waals surface area contributed by atoms with Gasteiger partial charge in [-0.05, 0) is 50.6 Å². The van der Waals surface area contributed by atoms with E-state index in [0.29, 0.717) is 30.3 Å². The Morgan fingerprint density at radius 2 is 2.03 bits per heavy atom. The van der Waals surface area contributed by atoms with Crippen molar-refractivity contribution in [2.75, 3.05) is 11.9 Å². The average molecular weight is 401 g/mol. The van der Waals surface area contributed by atoms with E-state index in [0.717, 1.165) is 28.4 Å². The van der Waals surface area contributed by atoms with Gasteiger partial charge in [0.25, 0.3) is 11.8 Å². The number of nitrogens with zero attached hydrogens (tertiary/aromatic N) is 3. The van der Waals surface area contributed by atoms with Crippen molar-refractivity contribution in [1.82, 2.24) is 19.4 Å². The summed E-state index contributed by atoms with van der Waals surface area (Å²) >= 11 is 0. The zero-order chi connectivity index (χ0) is 20.8. The molecule has 7 heteroatoms. The second-order valence-corrected chi connectivity index (χ2v) is 7.69. The third kappa shape index (κ3) is 2.85. The van der Waals surface area contributed by atoms with Gasteiger partial charge in [0.05, 0.1) is 11.0 Å². The van der Waals surface area contributed by atoms with E-state index in [1.54, 1.807) is 6.07 Å². The molecule has 1 atom stereocenters. The molecule has 0 saturated carbocycles. The molecule has 2 aromatic carbocycles. The van der Waals surface area contributed by atoms with Gasteiger partial charge >= 0.3 is 0 Å². The first-order chi connectivity index (χ1) is 14.6. The Balaban J connectivity index is 1.54. The summed E-state index contributed by atoms with van der Waals surface area (Å²) in [5.41, 5.74) is 3.91. The van der Waals surface area contributed by atoms with Crippen LogP contribution < -0.4 is 10.6 Å². The van der Waals surface area contributed by atoms with Crippen LogP contribution in [0, 0.1) is 0 Å². The lowest BCUT2D eigenvalue weighted by molar-refractivity contribution is 0.0950. The molecule has 0 aliphatic carbocycles. The predicted molar refractivity (Wildman–Crippen MR) is 117 cm³/mol. The highest BCUT2D eigenvalue weighted by atomic mass is 16.2. The van der Waals surface area contributed by atoms with Crippen molar-refractivity contribution in [2.45, 2.75) is 32.9 Å². The van der Waals surface area contributed by atoms with Crippen LogP contribution in [0.5, 0.6) is 0 Å². The van der Waals surface area contributed by atoms with Crippen LogP contribution in [0.4, 0.5) is 5.95 Å². The van der Waals surface area contributed by atoms with Crippen LogP contribution in [0.2, 0.25) is 0 Å². The molecular formula is C23H23N5O2. The standard InChI is InChI=1S/C23H23N5O2/c1-3-27-18-7-5-4-6-17(18)25-23(27)26-21(29)16-9-8-15-12-20-22(30)24-11-10-14(2)28(20)19(15)13-16/h4-9,12-14H,3,10-11H2,1-2H3,(H,24,30)(H,25,26,29). The Kier molecular flexibility index (Phi) is 4.31. The number of hydrogen-bond acceptors (Lipinski definition) is 3. The summed E-state index contributed by atoms with van der Waals surface area (Å²) in [7, 11) is 0. The largest absolute Gasteiger partial charge is 0.351 e. The minimum atomic E-state index is -0.219. The fourth-order valence-corrected chi connectivity index (χ4v) is 4.29. The lowest BCUT2D eigenvalue weighted by Gasteiger charge is -2.14. The minimum absolute atomic E-state index is 0.0711. The van der Waals surface area contributed by atoms with Crippen molar-refractivity contribution in [3.63, 3.8) is 0 Å². The minimum Gasteiger partial charge on any atom is -0.351 e. The maximum Gasteiger partial charge on any atom is 0.267 e. The number of rotatable bonds is 3. The van der Waals surface area contributed by atoms with Gasteiger partial charge in [-0.1, -0.05) is 18.2 Å². The molecular weight excluding hydrogens is 378 g/mol. The van der Waals surface area contributed by atoms with Crippen molar-refractivity contribution >= 4 is 39.7 Å². The molecule has 0 bridgehead atoms. The van der Waals surface area contributed by atoms with Crippen molar-refractivity contribution < 1.29 is 9.59 Å². The number of hydrogen-bond donors (Lipinski definition) is 2. The van der Waals surface area contributed by atoms with Crippen LogP contribution >= 0.6 is 0 Å². The van der Waals surface area contributed by atoms with Gasteiger partial charge in [-0.15, -0.1) is 0 Å². The maximum absolute atomic E-state index is 13.1. The van der Waals surface area contributed by atoms with E-state index in [1.165, 1.54) is 0 Å². The third-order valence-electron chi connectivity index (χ3n) is 5.82. The van der Waals surface area contributed by atoms with Crippen LogP contribution in [-0.2, 0) is 6.54 Å². The summed E-state index contributed by atoms with van der Waals surface area (Å²) in [4.78, 5) is 30.0. The number of fused-ring (bicyclic) bond motifs is 4. The number of nitrogens with one attached hydrogen (secondary N) is 2. The molecule has 0 spiro atoms. The Labute approximate surface area is 173 Å². The molecule has 0 fully saturated rings. The van der Waals surface area contributed by atoms with Crippen LogP contribution in [-0.4, -0.2) is 32.5 Å². The number of carbonyl (C=O) groups excluding carboxylic acids is 2. The summed E-state index contributed by atoms with van der Waals surface area (Å²) in [5, 5.41) is 6.85. The topological polar surface area (TPSA) is 81.0 Å². The summed E-state index contributed by atoms with van der Waals surface area (Å²) < 4.78 is 4.03. The van der Waals surface area contributed by atoms with Crippen molar-refractivity contribution in [3.05, 3.63) is 59.8 Å². The fourth-order valence-electron chi connectivity index (χ4n) is 4.29. The van der Waals surface area contributed by atoms with E-state index < -0.39 is 0 Å². The van der Waals surface area contributed by atoms with Gasteiger partial charge in [0, 0.05) is 35.6 Å². The van der Waals surface area contributed by atoms with Gasteiger partial charge < -0.3 is 14.5 Å². The van der Waals surface area contributed by atoms with Gasteiger partial charge in [0.15, 0.2) is 0 Å². The Hall–Kier alpha value is -3.61. The molecule has 4 aromatic rings. The molecule has 7 nitrogen and oxygen atoms in total. The van der Waals surface area contributed by atoms with Crippen LogP contribution in [0.1, 0.15) is 47.2 Å². The molecule has 2 amide bonds. The van der Waals surface area contributed by atoms with Gasteiger partial charge in [-0.2, -0.15) is 0 Å². The Morgan fingerprint density at radius 3 is 2.87 bits per heavy atom. The number of carbonyl (C=O) groups is 2. The number of benzene rings is 2. The smallest absolute Gasteiger partial charge is 0.267 e. The highest BCUT2D eigenvalue weighted by Crippen LogP contribution is 2.29. The van der Waals surface area contributed by atoms with Crippen LogP contribution in [0.25, 0.3) is 21.9 Å². The summed E-state index contributed by atoms with van der Waals surface area (Å²) in [6.45, 7) is 5.47. The first-order valence-electron chi connectivity index (χ1n) is 10.3. The highest BCUT2D eigenvalue weighted by molar-refractivity contribution is 6.07. The van der Waals surface area contributed by atoms with Crippen LogP contribution in [0.3, 0.4) is 0 Å². The van der Waals surface area contributed by atoms with Gasteiger partial charge in [-0.3, -0.25) is 14.9 Å². The molecule has 1 unspecified atom stereocenters. The fraction of sp³-hybridized carbons (Fsp3) is 0.261.